The molecule has 17 heavy (non-hydrogen) atoms. The van der Waals surface area contributed by atoms with Crippen LogP contribution >= 0.6 is 15.9 Å². The number of nitrogens with one attached hydrogen (secondary N) is 1. The SMILES string of the molecule is CC(Br)CC(C)NS(=O)(=O)c1ccc(F)cc1. The zero-order valence-electron chi connectivity index (χ0n) is 9.65. The van der Waals surface area contributed by atoms with Crippen LogP contribution in [-0.2, 0) is 10.0 Å². The van der Waals surface area contributed by atoms with Gasteiger partial charge in [0.1, 0.15) is 5.82 Å². The largest absolute Gasteiger partial charge is 0.240 e. The van der Waals surface area contributed by atoms with E-state index in [2.05, 4.69) is 20.7 Å². The highest BCUT2D eigenvalue weighted by Gasteiger charge is 2.18. The molecule has 0 spiro atoms. The lowest BCUT2D eigenvalue weighted by Gasteiger charge is -2.15. The molecule has 0 aliphatic rings. The monoisotopic (exact) mass is 323 g/mol. The Morgan fingerprint density at radius 2 is 1.82 bits per heavy atom. The maximum absolute atomic E-state index is 12.7. The van der Waals surface area contributed by atoms with Gasteiger partial charge in [-0.15, -0.1) is 0 Å². The van der Waals surface area contributed by atoms with E-state index in [1.807, 2.05) is 6.92 Å². The average molecular weight is 324 g/mol. The predicted octanol–water partition coefficient (Wildman–Crippen LogP) is 2.67. The Morgan fingerprint density at radius 1 is 1.29 bits per heavy atom. The number of rotatable bonds is 5. The minimum Gasteiger partial charge on any atom is -0.208 e. The summed E-state index contributed by atoms with van der Waals surface area (Å²) in [5, 5.41) is 0. The van der Waals surface area contributed by atoms with Gasteiger partial charge in [-0.05, 0) is 37.6 Å². The maximum Gasteiger partial charge on any atom is 0.240 e. The van der Waals surface area contributed by atoms with Gasteiger partial charge in [0, 0.05) is 10.9 Å². The van der Waals surface area contributed by atoms with Crippen molar-refractivity contribution in [2.24, 2.45) is 0 Å². The van der Waals surface area contributed by atoms with Gasteiger partial charge in [-0.2, -0.15) is 0 Å². The third-order valence-corrected chi connectivity index (χ3v) is 4.14. The minimum atomic E-state index is -3.56. The molecule has 1 N–H and O–H groups in total. The lowest BCUT2D eigenvalue weighted by molar-refractivity contribution is 0.547. The van der Waals surface area contributed by atoms with Crippen LogP contribution in [0.15, 0.2) is 29.2 Å². The molecule has 0 amide bonds. The third kappa shape index (κ3) is 4.73. The maximum atomic E-state index is 12.7. The second-order valence-corrected chi connectivity index (χ2v) is 7.27. The molecule has 0 heterocycles. The smallest absolute Gasteiger partial charge is 0.208 e. The standard InChI is InChI=1S/C11H15BrFNO2S/c1-8(12)7-9(2)14-17(15,16)11-5-3-10(13)4-6-11/h3-6,8-9,14H,7H2,1-2H3. The summed E-state index contributed by atoms with van der Waals surface area (Å²) in [5.41, 5.74) is 0. The highest BCUT2D eigenvalue weighted by atomic mass is 79.9. The molecule has 0 saturated carbocycles. The molecule has 1 rings (SSSR count). The van der Waals surface area contributed by atoms with Gasteiger partial charge in [0.25, 0.3) is 0 Å². The number of benzene rings is 1. The quantitative estimate of drug-likeness (QED) is 0.847. The van der Waals surface area contributed by atoms with Crippen LogP contribution in [0.25, 0.3) is 0 Å². The molecule has 0 aromatic heterocycles. The van der Waals surface area contributed by atoms with Crippen molar-refractivity contribution < 1.29 is 12.8 Å². The van der Waals surface area contributed by atoms with E-state index in [1.165, 1.54) is 12.1 Å². The zero-order chi connectivity index (χ0) is 13.1. The van der Waals surface area contributed by atoms with E-state index in [0.717, 1.165) is 12.1 Å². The van der Waals surface area contributed by atoms with E-state index >= 15 is 0 Å². The van der Waals surface area contributed by atoms with Crippen molar-refractivity contribution in [3.63, 3.8) is 0 Å². The van der Waals surface area contributed by atoms with Crippen LogP contribution in [0.1, 0.15) is 20.3 Å². The first kappa shape index (κ1) is 14.6. The van der Waals surface area contributed by atoms with Crippen LogP contribution in [0, 0.1) is 5.82 Å². The number of hydrogen-bond acceptors (Lipinski definition) is 2. The van der Waals surface area contributed by atoms with Gasteiger partial charge in [-0.3, -0.25) is 0 Å². The number of halogens is 2. The first-order valence-corrected chi connectivity index (χ1v) is 7.63. The molecular formula is C11H15BrFNO2S. The van der Waals surface area contributed by atoms with Crippen LogP contribution in [-0.4, -0.2) is 19.3 Å². The van der Waals surface area contributed by atoms with Crippen LogP contribution in [0.3, 0.4) is 0 Å². The summed E-state index contributed by atoms with van der Waals surface area (Å²) in [7, 11) is -3.56. The number of alkyl halides is 1. The normalized spacial score (nSPS) is 15.5. The van der Waals surface area contributed by atoms with Gasteiger partial charge in [-0.25, -0.2) is 17.5 Å². The van der Waals surface area contributed by atoms with E-state index in [-0.39, 0.29) is 15.8 Å². The van der Waals surface area contributed by atoms with Crippen LogP contribution in [0.2, 0.25) is 0 Å². The average Bonchev–Trinajstić information content (AvgIpc) is 2.15. The molecule has 0 radical (unpaired) electrons. The Hall–Kier alpha value is -0.460. The fourth-order valence-electron chi connectivity index (χ4n) is 1.48. The molecule has 2 atom stereocenters. The molecule has 0 aliphatic carbocycles. The molecule has 2 unspecified atom stereocenters. The Balaban J connectivity index is 2.78. The first-order valence-electron chi connectivity index (χ1n) is 5.23. The second kappa shape index (κ2) is 5.93. The van der Waals surface area contributed by atoms with E-state index in [9.17, 15) is 12.8 Å². The van der Waals surface area contributed by atoms with Gasteiger partial charge in [0.15, 0.2) is 0 Å². The third-order valence-electron chi connectivity index (χ3n) is 2.16. The van der Waals surface area contributed by atoms with Crippen molar-refractivity contribution in [2.45, 2.75) is 36.0 Å². The van der Waals surface area contributed by atoms with Crippen molar-refractivity contribution in [3.05, 3.63) is 30.1 Å². The van der Waals surface area contributed by atoms with Gasteiger partial charge in [0.05, 0.1) is 4.90 Å². The summed E-state index contributed by atoms with van der Waals surface area (Å²) in [5.74, 6) is -0.453. The molecule has 1 aromatic rings. The van der Waals surface area contributed by atoms with E-state index in [0.29, 0.717) is 6.42 Å². The van der Waals surface area contributed by atoms with Crippen molar-refractivity contribution in [1.29, 1.82) is 0 Å². The topological polar surface area (TPSA) is 46.2 Å². The molecule has 0 bridgehead atoms. The van der Waals surface area contributed by atoms with Gasteiger partial charge in [0.2, 0.25) is 10.0 Å². The Labute approximate surface area is 110 Å². The fraction of sp³-hybridized carbons (Fsp3) is 0.455. The lowest BCUT2D eigenvalue weighted by Crippen LogP contribution is -2.33. The Morgan fingerprint density at radius 3 is 2.29 bits per heavy atom. The molecule has 3 nitrogen and oxygen atoms in total. The predicted molar refractivity (Wildman–Crippen MR) is 69.2 cm³/mol. The molecule has 0 aliphatic heterocycles. The van der Waals surface area contributed by atoms with Gasteiger partial charge in [-0.1, -0.05) is 22.9 Å². The van der Waals surface area contributed by atoms with Crippen LogP contribution in [0.5, 0.6) is 0 Å². The van der Waals surface area contributed by atoms with Crippen LogP contribution < -0.4 is 4.72 Å². The summed E-state index contributed by atoms with van der Waals surface area (Å²) in [6.45, 7) is 3.74. The van der Waals surface area contributed by atoms with Crippen molar-refractivity contribution in [2.75, 3.05) is 0 Å². The highest BCUT2D eigenvalue weighted by molar-refractivity contribution is 9.09. The molecule has 6 heteroatoms. The van der Waals surface area contributed by atoms with E-state index in [1.54, 1.807) is 6.92 Å². The molecule has 0 fully saturated rings. The summed E-state index contributed by atoms with van der Waals surface area (Å²) < 4.78 is 39.0. The molecule has 0 saturated heterocycles. The first-order chi connectivity index (χ1) is 7.81. The lowest BCUT2D eigenvalue weighted by atomic mass is 10.2. The van der Waals surface area contributed by atoms with Crippen molar-refractivity contribution >= 4 is 26.0 Å². The molecule has 96 valence electrons. The summed E-state index contributed by atoms with van der Waals surface area (Å²) in [6.07, 6.45) is 0.681. The highest BCUT2D eigenvalue weighted by Crippen LogP contribution is 2.13. The van der Waals surface area contributed by atoms with Gasteiger partial charge < -0.3 is 0 Å². The van der Waals surface area contributed by atoms with Crippen molar-refractivity contribution in [3.8, 4) is 0 Å². The molecular weight excluding hydrogens is 309 g/mol. The van der Waals surface area contributed by atoms with Crippen molar-refractivity contribution in [1.82, 2.24) is 4.72 Å². The second-order valence-electron chi connectivity index (χ2n) is 3.99. The zero-order valence-corrected chi connectivity index (χ0v) is 12.1. The fourth-order valence-corrected chi connectivity index (χ4v) is 3.30. The number of sulfonamides is 1. The van der Waals surface area contributed by atoms with E-state index in [4.69, 9.17) is 0 Å². The summed E-state index contributed by atoms with van der Waals surface area (Å²) >= 11 is 3.36. The molecule has 1 aromatic carbocycles. The Bertz CT molecular complexity index is 459. The van der Waals surface area contributed by atoms with Gasteiger partial charge >= 0.3 is 0 Å². The van der Waals surface area contributed by atoms with Crippen LogP contribution in [0.4, 0.5) is 4.39 Å². The van der Waals surface area contributed by atoms with E-state index < -0.39 is 15.8 Å². The number of hydrogen-bond donors (Lipinski definition) is 1. The Kier molecular flexibility index (Phi) is 5.09. The minimum absolute atomic E-state index is 0.0768. The summed E-state index contributed by atoms with van der Waals surface area (Å²) in [6, 6.07) is 4.59. The summed E-state index contributed by atoms with van der Waals surface area (Å²) in [4.78, 5) is 0.307.